The molecule has 1 amide bonds. The molecule has 7 heteroatoms. The van der Waals surface area contributed by atoms with Gasteiger partial charge in [0.25, 0.3) is 0 Å². The summed E-state index contributed by atoms with van der Waals surface area (Å²) in [4.78, 5) is 25.2. The monoisotopic (exact) mass is 330 g/mol. The van der Waals surface area contributed by atoms with Gasteiger partial charge in [0.1, 0.15) is 12.1 Å². The first kappa shape index (κ1) is 16.7. The summed E-state index contributed by atoms with van der Waals surface area (Å²) < 4.78 is 1.78. The van der Waals surface area contributed by atoms with E-state index >= 15 is 0 Å². The quantitative estimate of drug-likeness (QED) is 0.858. The Morgan fingerprint density at radius 2 is 2.04 bits per heavy atom. The number of likely N-dealkylation sites (tertiary alicyclic amines) is 1. The molecule has 0 radical (unpaired) electrons. The van der Waals surface area contributed by atoms with Crippen LogP contribution in [0.4, 0.5) is 5.82 Å². The van der Waals surface area contributed by atoms with Gasteiger partial charge in [-0.15, -0.1) is 0 Å². The average molecular weight is 330 g/mol. The summed E-state index contributed by atoms with van der Waals surface area (Å²) in [6.45, 7) is 9.83. The zero-order chi connectivity index (χ0) is 17.6. The summed E-state index contributed by atoms with van der Waals surface area (Å²) in [5, 5.41) is 5.43. The number of fused-ring (bicyclic) bond motifs is 1. The van der Waals surface area contributed by atoms with Gasteiger partial charge in [-0.2, -0.15) is 5.10 Å². The normalized spacial score (nSPS) is 18.7. The third kappa shape index (κ3) is 2.83. The van der Waals surface area contributed by atoms with Gasteiger partial charge < -0.3 is 9.80 Å². The fourth-order valence-corrected chi connectivity index (χ4v) is 3.57. The Hall–Kier alpha value is -2.18. The molecule has 0 N–H and O–H groups in total. The van der Waals surface area contributed by atoms with Crippen molar-refractivity contribution in [1.82, 2.24) is 24.6 Å². The van der Waals surface area contributed by atoms with Gasteiger partial charge in [0, 0.05) is 45.1 Å². The Kier molecular flexibility index (Phi) is 3.97. The summed E-state index contributed by atoms with van der Waals surface area (Å²) in [5.74, 6) is 1.43. The number of anilines is 1. The van der Waals surface area contributed by atoms with Crippen molar-refractivity contribution >= 4 is 22.8 Å². The van der Waals surface area contributed by atoms with Gasteiger partial charge in [-0.05, 0) is 27.7 Å². The van der Waals surface area contributed by atoms with Crippen LogP contribution < -0.4 is 4.90 Å². The van der Waals surface area contributed by atoms with Gasteiger partial charge in [-0.25, -0.2) is 9.97 Å². The van der Waals surface area contributed by atoms with Crippen molar-refractivity contribution in [2.24, 2.45) is 13.0 Å². The maximum Gasteiger partial charge on any atom is 0.223 e. The first-order valence-electron chi connectivity index (χ1n) is 8.34. The molecule has 0 saturated carbocycles. The number of nitrogens with zero attached hydrogens (tertiary/aromatic N) is 6. The van der Waals surface area contributed by atoms with E-state index in [9.17, 15) is 4.79 Å². The summed E-state index contributed by atoms with van der Waals surface area (Å²) in [7, 11) is 3.92. The number of carbonyl (C=O) groups excluding carboxylic acids is 1. The molecule has 2 aromatic rings. The zero-order valence-electron chi connectivity index (χ0n) is 15.4. The number of carbonyl (C=O) groups is 1. The van der Waals surface area contributed by atoms with E-state index in [0.717, 1.165) is 35.6 Å². The van der Waals surface area contributed by atoms with Crippen molar-refractivity contribution in [3.05, 3.63) is 12.0 Å². The predicted molar refractivity (Wildman–Crippen MR) is 93.9 cm³/mol. The molecular formula is C17H26N6O. The standard InChI is InChI=1S/C17H26N6O/c1-11-14-15(18-10-19-16(14)22(6)20-11)21(5)8-12-7-13(24)23(9-12)17(2,3)4/h10,12H,7-9H2,1-6H3/t12-/m1/s1. The Labute approximate surface area is 142 Å². The molecule has 0 unspecified atom stereocenters. The van der Waals surface area contributed by atoms with Crippen molar-refractivity contribution < 1.29 is 4.79 Å². The summed E-state index contributed by atoms with van der Waals surface area (Å²) >= 11 is 0. The first-order chi connectivity index (χ1) is 11.2. The van der Waals surface area contributed by atoms with Crippen LogP contribution in [-0.4, -0.2) is 56.2 Å². The SMILES string of the molecule is Cc1nn(C)c2ncnc(N(C)C[C@H]3CC(=O)N(C(C)(C)C)C3)c12. The van der Waals surface area contributed by atoms with Crippen LogP contribution in [0.25, 0.3) is 11.0 Å². The van der Waals surface area contributed by atoms with Crippen molar-refractivity contribution in [3.63, 3.8) is 0 Å². The molecule has 7 nitrogen and oxygen atoms in total. The van der Waals surface area contributed by atoms with E-state index in [1.807, 2.05) is 25.9 Å². The summed E-state index contributed by atoms with van der Waals surface area (Å²) in [5.41, 5.74) is 1.64. The van der Waals surface area contributed by atoms with Crippen LogP contribution in [0.1, 0.15) is 32.9 Å². The molecule has 1 saturated heterocycles. The van der Waals surface area contributed by atoms with Gasteiger partial charge in [0.05, 0.1) is 11.1 Å². The minimum absolute atomic E-state index is 0.119. The third-order valence-electron chi connectivity index (χ3n) is 4.68. The highest BCUT2D eigenvalue weighted by Crippen LogP contribution is 2.29. The first-order valence-corrected chi connectivity index (χ1v) is 8.34. The zero-order valence-corrected chi connectivity index (χ0v) is 15.4. The molecule has 0 spiro atoms. The van der Waals surface area contributed by atoms with Crippen LogP contribution in [-0.2, 0) is 11.8 Å². The summed E-state index contributed by atoms with van der Waals surface area (Å²) in [6.07, 6.45) is 2.18. The highest BCUT2D eigenvalue weighted by Gasteiger charge is 2.36. The number of hydrogen-bond donors (Lipinski definition) is 0. The van der Waals surface area contributed by atoms with Gasteiger partial charge >= 0.3 is 0 Å². The van der Waals surface area contributed by atoms with Crippen molar-refractivity contribution in [1.29, 1.82) is 0 Å². The Balaban J connectivity index is 1.82. The van der Waals surface area contributed by atoms with Crippen molar-refractivity contribution in [3.8, 4) is 0 Å². The molecule has 0 aliphatic carbocycles. The minimum Gasteiger partial charge on any atom is -0.359 e. The molecule has 130 valence electrons. The molecule has 1 fully saturated rings. The van der Waals surface area contributed by atoms with E-state index in [1.54, 1.807) is 11.0 Å². The lowest BCUT2D eigenvalue weighted by atomic mass is 10.1. The van der Waals surface area contributed by atoms with Crippen LogP contribution in [0.5, 0.6) is 0 Å². The topological polar surface area (TPSA) is 67.2 Å². The molecule has 24 heavy (non-hydrogen) atoms. The number of aromatic nitrogens is 4. The Morgan fingerprint density at radius 1 is 1.33 bits per heavy atom. The molecule has 0 bridgehead atoms. The molecule has 2 aromatic heterocycles. The van der Waals surface area contributed by atoms with Gasteiger partial charge in [0.15, 0.2) is 5.65 Å². The van der Waals surface area contributed by atoms with E-state index in [2.05, 4.69) is 40.7 Å². The largest absolute Gasteiger partial charge is 0.359 e. The number of amides is 1. The second kappa shape index (κ2) is 5.72. The molecule has 3 rings (SSSR count). The molecule has 3 heterocycles. The maximum absolute atomic E-state index is 12.3. The number of hydrogen-bond acceptors (Lipinski definition) is 5. The second-order valence-corrected chi connectivity index (χ2v) is 7.73. The predicted octanol–water partition coefficient (Wildman–Crippen LogP) is 1.75. The van der Waals surface area contributed by atoms with Crippen molar-refractivity contribution in [2.45, 2.75) is 39.7 Å². The van der Waals surface area contributed by atoms with Gasteiger partial charge in [-0.3, -0.25) is 9.48 Å². The number of rotatable bonds is 3. The molecular weight excluding hydrogens is 304 g/mol. The fraction of sp³-hybridized carbons (Fsp3) is 0.647. The lowest BCUT2D eigenvalue weighted by Gasteiger charge is -2.32. The van der Waals surface area contributed by atoms with Crippen LogP contribution in [0.3, 0.4) is 0 Å². The maximum atomic E-state index is 12.3. The lowest BCUT2D eigenvalue weighted by molar-refractivity contribution is -0.131. The van der Waals surface area contributed by atoms with Gasteiger partial charge in [-0.1, -0.05) is 0 Å². The van der Waals surface area contributed by atoms with Crippen LogP contribution in [0.15, 0.2) is 6.33 Å². The Morgan fingerprint density at radius 3 is 2.67 bits per heavy atom. The summed E-state index contributed by atoms with van der Waals surface area (Å²) in [6, 6.07) is 0. The van der Waals surface area contributed by atoms with E-state index in [1.165, 1.54) is 0 Å². The van der Waals surface area contributed by atoms with E-state index in [4.69, 9.17) is 0 Å². The van der Waals surface area contributed by atoms with Crippen LogP contribution >= 0.6 is 0 Å². The van der Waals surface area contributed by atoms with Crippen molar-refractivity contribution in [2.75, 3.05) is 25.0 Å². The molecule has 1 aliphatic rings. The molecule has 1 atom stereocenters. The smallest absolute Gasteiger partial charge is 0.223 e. The highest BCUT2D eigenvalue weighted by molar-refractivity contribution is 5.89. The van der Waals surface area contributed by atoms with Crippen LogP contribution in [0.2, 0.25) is 0 Å². The van der Waals surface area contributed by atoms with E-state index in [0.29, 0.717) is 12.3 Å². The highest BCUT2D eigenvalue weighted by atomic mass is 16.2. The second-order valence-electron chi connectivity index (χ2n) is 7.73. The fourth-order valence-electron chi connectivity index (χ4n) is 3.57. The molecule has 0 aromatic carbocycles. The molecule has 1 aliphatic heterocycles. The van der Waals surface area contributed by atoms with E-state index in [-0.39, 0.29) is 11.4 Å². The average Bonchev–Trinajstić information content (AvgIpc) is 2.99. The Bertz CT molecular complexity index is 775. The minimum atomic E-state index is -0.119. The van der Waals surface area contributed by atoms with Gasteiger partial charge in [0.2, 0.25) is 5.91 Å². The lowest BCUT2D eigenvalue weighted by Crippen LogP contribution is -2.42. The van der Waals surface area contributed by atoms with E-state index < -0.39 is 0 Å². The third-order valence-corrected chi connectivity index (χ3v) is 4.68. The number of aryl methyl sites for hydroxylation is 2. The van der Waals surface area contributed by atoms with Crippen LogP contribution in [0, 0.1) is 12.8 Å².